The maximum atomic E-state index is 15.1. The van der Waals surface area contributed by atoms with E-state index in [1.54, 1.807) is 12.1 Å². The van der Waals surface area contributed by atoms with Crippen LogP contribution in [-0.2, 0) is 6.42 Å². The molecule has 2 saturated carbocycles. The molecule has 0 amide bonds. The fraction of sp³-hybridized carbons (Fsp3) is 0.586. The number of ether oxygens (including phenoxy) is 1. The first kappa shape index (κ1) is 24.2. The van der Waals surface area contributed by atoms with E-state index in [0.717, 1.165) is 75.7 Å². The number of halogens is 3. The van der Waals surface area contributed by atoms with Gasteiger partial charge in [0.2, 0.25) is 0 Å². The van der Waals surface area contributed by atoms with Gasteiger partial charge in [0.25, 0.3) is 0 Å². The van der Waals surface area contributed by atoms with Crippen LogP contribution in [0.5, 0.6) is 5.75 Å². The van der Waals surface area contributed by atoms with E-state index >= 15 is 8.78 Å². The van der Waals surface area contributed by atoms with Crippen LogP contribution >= 0.6 is 0 Å². The standard InChI is InChI=1S/C29H37F3O/c1-3-19-6-11-22(12-7-19)24-15-16-25(29(32)28(24)31)23-13-8-20(9-14-23)4-5-21-10-17-27(33-2)26(30)18-21/h10,15-20,22-23H,3-9,11-14H2,1-2H3. The summed E-state index contributed by atoms with van der Waals surface area (Å²) < 4.78 is 49.0. The third-order valence-electron chi connectivity index (χ3n) is 8.35. The van der Waals surface area contributed by atoms with Gasteiger partial charge in [-0.2, -0.15) is 0 Å². The Labute approximate surface area is 196 Å². The van der Waals surface area contributed by atoms with Gasteiger partial charge in [0.05, 0.1) is 7.11 Å². The van der Waals surface area contributed by atoms with Crippen LogP contribution in [0.25, 0.3) is 0 Å². The van der Waals surface area contributed by atoms with Crippen LogP contribution in [0.2, 0.25) is 0 Å². The molecule has 2 fully saturated rings. The lowest BCUT2D eigenvalue weighted by atomic mass is 9.75. The van der Waals surface area contributed by atoms with E-state index in [-0.39, 0.29) is 23.4 Å². The predicted octanol–water partition coefficient (Wildman–Crippen LogP) is 8.70. The monoisotopic (exact) mass is 458 g/mol. The molecule has 33 heavy (non-hydrogen) atoms. The minimum absolute atomic E-state index is 0.0964. The van der Waals surface area contributed by atoms with Crippen molar-refractivity contribution in [2.24, 2.45) is 11.8 Å². The molecule has 0 spiro atoms. The van der Waals surface area contributed by atoms with E-state index in [1.807, 2.05) is 18.2 Å². The lowest BCUT2D eigenvalue weighted by Gasteiger charge is -2.31. The van der Waals surface area contributed by atoms with Crippen LogP contribution in [0.4, 0.5) is 13.2 Å². The molecule has 0 heterocycles. The molecular weight excluding hydrogens is 421 g/mol. The normalized spacial score (nSPS) is 25.7. The second kappa shape index (κ2) is 11.0. The highest BCUT2D eigenvalue weighted by atomic mass is 19.2. The molecule has 2 aliphatic rings. The smallest absolute Gasteiger partial charge is 0.165 e. The van der Waals surface area contributed by atoms with Gasteiger partial charge in [-0.1, -0.05) is 31.5 Å². The number of benzene rings is 2. The summed E-state index contributed by atoms with van der Waals surface area (Å²) in [6.45, 7) is 2.22. The third kappa shape index (κ3) is 5.58. The summed E-state index contributed by atoms with van der Waals surface area (Å²) in [7, 11) is 1.47. The second-order valence-electron chi connectivity index (χ2n) is 10.2. The van der Waals surface area contributed by atoms with Crippen molar-refractivity contribution in [2.75, 3.05) is 7.11 Å². The Balaban J connectivity index is 1.32. The van der Waals surface area contributed by atoms with Crippen LogP contribution in [0.1, 0.15) is 99.7 Å². The maximum Gasteiger partial charge on any atom is 0.165 e. The van der Waals surface area contributed by atoms with Crippen molar-refractivity contribution in [3.05, 3.63) is 64.5 Å². The number of rotatable bonds is 7. The first-order valence-electron chi connectivity index (χ1n) is 12.8. The van der Waals surface area contributed by atoms with Crippen LogP contribution in [0.3, 0.4) is 0 Å². The van der Waals surface area contributed by atoms with Gasteiger partial charge in [0, 0.05) is 0 Å². The van der Waals surface area contributed by atoms with Crippen LogP contribution < -0.4 is 4.74 Å². The van der Waals surface area contributed by atoms with Gasteiger partial charge in [-0.15, -0.1) is 0 Å². The van der Waals surface area contributed by atoms with Crippen molar-refractivity contribution in [3.63, 3.8) is 0 Å². The molecule has 0 bridgehead atoms. The first-order chi connectivity index (χ1) is 16.0. The van der Waals surface area contributed by atoms with E-state index in [0.29, 0.717) is 17.0 Å². The quantitative estimate of drug-likeness (QED) is 0.403. The van der Waals surface area contributed by atoms with Gasteiger partial charge in [-0.3, -0.25) is 0 Å². The molecule has 0 atom stereocenters. The van der Waals surface area contributed by atoms with E-state index < -0.39 is 11.6 Å². The highest BCUT2D eigenvalue weighted by Gasteiger charge is 2.29. The summed E-state index contributed by atoms with van der Waals surface area (Å²) >= 11 is 0. The SMILES string of the molecule is CCC1CCC(c2ccc(C3CCC(CCc4ccc(OC)c(F)c4)CC3)c(F)c2F)CC1. The Morgan fingerprint density at radius 2 is 1.30 bits per heavy atom. The van der Waals surface area contributed by atoms with Crippen molar-refractivity contribution >= 4 is 0 Å². The van der Waals surface area contributed by atoms with Gasteiger partial charge >= 0.3 is 0 Å². The predicted molar refractivity (Wildman–Crippen MR) is 127 cm³/mol. The highest BCUT2D eigenvalue weighted by Crippen LogP contribution is 2.42. The summed E-state index contributed by atoms with van der Waals surface area (Å²) in [5, 5.41) is 0. The van der Waals surface area contributed by atoms with E-state index in [4.69, 9.17) is 4.74 Å². The van der Waals surface area contributed by atoms with Crippen LogP contribution in [0.15, 0.2) is 30.3 Å². The van der Waals surface area contributed by atoms with Crippen molar-refractivity contribution in [3.8, 4) is 5.75 Å². The highest BCUT2D eigenvalue weighted by molar-refractivity contribution is 5.32. The molecule has 0 unspecified atom stereocenters. The van der Waals surface area contributed by atoms with Crippen molar-refractivity contribution in [1.82, 2.24) is 0 Å². The van der Waals surface area contributed by atoms with Gasteiger partial charge in [-0.05, 0) is 117 Å². The zero-order chi connectivity index (χ0) is 23.4. The van der Waals surface area contributed by atoms with Crippen molar-refractivity contribution in [2.45, 2.75) is 89.4 Å². The minimum Gasteiger partial charge on any atom is -0.494 e. The van der Waals surface area contributed by atoms with Crippen molar-refractivity contribution in [1.29, 1.82) is 0 Å². The molecule has 0 aliphatic heterocycles. The molecule has 0 N–H and O–H groups in total. The summed E-state index contributed by atoms with van der Waals surface area (Å²) in [4.78, 5) is 0. The number of hydrogen-bond acceptors (Lipinski definition) is 1. The number of aryl methyl sites for hydroxylation is 1. The Hall–Kier alpha value is -1.97. The third-order valence-corrected chi connectivity index (χ3v) is 8.35. The Kier molecular flexibility index (Phi) is 8.03. The molecule has 0 aromatic heterocycles. The molecule has 0 radical (unpaired) electrons. The lowest BCUT2D eigenvalue weighted by Crippen LogP contribution is -2.17. The number of hydrogen-bond donors (Lipinski definition) is 0. The molecule has 4 heteroatoms. The lowest BCUT2D eigenvalue weighted by molar-refractivity contribution is 0.301. The minimum atomic E-state index is -0.609. The first-order valence-corrected chi connectivity index (χ1v) is 12.8. The summed E-state index contributed by atoms with van der Waals surface area (Å²) in [6.07, 6.45) is 11.0. The van der Waals surface area contributed by atoms with Gasteiger partial charge < -0.3 is 4.74 Å². The Bertz CT molecular complexity index is 925. The Morgan fingerprint density at radius 1 is 0.758 bits per heavy atom. The van der Waals surface area contributed by atoms with Gasteiger partial charge in [-0.25, -0.2) is 13.2 Å². The van der Waals surface area contributed by atoms with E-state index in [2.05, 4.69) is 6.92 Å². The zero-order valence-corrected chi connectivity index (χ0v) is 20.0. The molecule has 4 rings (SSSR count). The summed E-state index contributed by atoms with van der Waals surface area (Å²) in [5.41, 5.74) is 2.13. The number of methoxy groups -OCH3 is 1. The largest absolute Gasteiger partial charge is 0.494 e. The molecule has 2 aromatic rings. The fourth-order valence-electron chi connectivity index (χ4n) is 6.09. The average molecular weight is 459 g/mol. The second-order valence-corrected chi connectivity index (χ2v) is 10.2. The molecule has 1 nitrogen and oxygen atoms in total. The van der Waals surface area contributed by atoms with Crippen LogP contribution in [0, 0.1) is 29.3 Å². The fourth-order valence-corrected chi connectivity index (χ4v) is 6.09. The average Bonchev–Trinajstić information content (AvgIpc) is 2.85. The molecule has 0 saturated heterocycles. The molecule has 2 aliphatic carbocycles. The van der Waals surface area contributed by atoms with E-state index in [9.17, 15) is 4.39 Å². The van der Waals surface area contributed by atoms with Crippen LogP contribution in [-0.4, -0.2) is 7.11 Å². The molecule has 180 valence electrons. The summed E-state index contributed by atoms with van der Waals surface area (Å²) in [6, 6.07) is 8.89. The molecular formula is C29H37F3O. The topological polar surface area (TPSA) is 9.23 Å². The van der Waals surface area contributed by atoms with Crippen molar-refractivity contribution < 1.29 is 17.9 Å². The van der Waals surface area contributed by atoms with Gasteiger partial charge in [0.1, 0.15) is 0 Å². The Morgan fingerprint density at radius 3 is 1.79 bits per heavy atom. The maximum absolute atomic E-state index is 15.1. The summed E-state index contributed by atoms with van der Waals surface area (Å²) in [5.74, 6) is 0.290. The zero-order valence-electron chi connectivity index (χ0n) is 20.0. The van der Waals surface area contributed by atoms with Gasteiger partial charge in [0.15, 0.2) is 23.2 Å². The van der Waals surface area contributed by atoms with E-state index in [1.165, 1.54) is 13.5 Å². The molecule has 2 aromatic carbocycles.